The van der Waals surface area contributed by atoms with Crippen LogP contribution in [0.1, 0.15) is 17.3 Å². The van der Waals surface area contributed by atoms with Gasteiger partial charge in [0.15, 0.2) is 5.78 Å². The van der Waals surface area contributed by atoms with Crippen molar-refractivity contribution in [3.63, 3.8) is 0 Å². The summed E-state index contributed by atoms with van der Waals surface area (Å²) in [5.41, 5.74) is 0.890. The SMILES string of the molecule is COCCN(CCOC)c1ccc([N+](=O)[O-])cc1C(C)=O. The number of rotatable bonds is 9. The van der Waals surface area contributed by atoms with Crippen LogP contribution in [0.5, 0.6) is 0 Å². The monoisotopic (exact) mass is 296 g/mol. The van der Waals surface area contributed by atoms with Crippen LogP contribution < -0.4 is 4.90 Å². The second-order valence-electron chi connectivity index (χ2n) is 4.49. The van der Waals surface area contributed by atoms with Gasteiger partial charge >= 0.3 is 0 Å². The first-order chi connectivity index (χ1) is 10.0. The third kappa shape index (κ3) is 4.80. The number of ketones is 1. The van der Waals surface area contributed by atoms with Crippen molar-refractivity contribution in [2.24, 2.45) is 0 Å². The van der Waals surface area contributed by atoms with Gasteiger partial charge in [-0.3, -0.25) is 14.9 Å². The molecule has 0 radical (unpaired) electrons. The average Bonchev–Trinajstić information content (AvgIpc) is 2.46. The van der Waals surface area contributed by atoms with Crippen LogP contribution in [0, 0.1) is 10.1 Å². The molecule has 7 heteroatoms. The molecule has 0 aromatic heterocycles. The number of nitro benzene ring substituents is 1. The van der Waals surface area contributed by atoms with Crippen LogP contribution in [0.4, 0.5) is 11.4 Å². The summed E-state index contributed by atoms with van der Waals surface area (Å²) >= 11 is 0. The van der Waals surface area contributed by atoms with Crippen molar-refractivity contribution in [1.82, 2.24) is 0 Å². The van der Waals surface area contributed by atoms with Crippen LogP contribution in [0.3, 0.4) is 0 Å². The molecule has 0 heterocycles. The van der Waals surface area contributed by atoms with Gasteiger partial charge in [0.25, 0.3) is 5.69 Å². The fourth-order valence-corrected chi connectivity index (χ4v) is 1.95. The number of non-ortho nitro benzene ring substituents is 1. The Morgan fingerprint density at radius 3 is 2.24 bits per heavy atom. The van der Waals surface area contributed by atoms with E-state index in [1.54, 1.807) is 20.3 Å². The van der Waals surface area contributed by atoms with E-state index >= 15 is 0 Å². The maximum atomic E-state index is 11.8. The molecule has 0 unspecified atom stereocenters. The fraction of sp³-hybridized carbons (Fsp3) is 0.500. The third-order valence-corrected chi connectivity index (χ3v) is 3.04. The maximum absolute atomic E-state index is 11.8. The first-order valence-corrected chi connectivity index (χ1v) is 6.53. The minimum absolute atomic E-state index is 0.0950. The number of nitro groups is 1. The van der Waals surface area contributed by atoms with Gasteiger partial charge < -0.3 is 14.4 Å². The van der Waals surface area contributed by atoms with Crippen molar-refractivity contribution in [3.8, 4) is 0 Å². The van der Waals surface area contributed by atoms with Gasteiger partial charge in [0.05, 0.1) is 18.1 Å². The summed E-state index contributed by atoms with van der Waals surface area (Å²) < 4.78 is 10.1. The molecule has 0 aliphatic heterocycles. The van der Waals surface area contributed by atoms with Crippen LogP contribution in [0.15, 0.2) is 18.2 Å². The van der Waals surface area contributed by atoms with E-state index < -0.39 is 4.92 Å². The number of hydrogen-bond acceptors (Lipinski definition) is 6. The number of methoxy groups -OCH3 is 2. The minimum atomic E-state index is -0.509. The molecule has 116 valence electrons. The van der Waals surface area contributed by atoms with E-state index in [9.17, 15) is 14.9 Å². The van der Waals surface area contributed by atoms with Crippen LogP contribution >= 0.6 is 0 Å². The van der Waals surface area contributed by atoms with Crippen molar-refractivity contribution < 1.29 is 19.2 Å². The van der Waals surface area contributed by atoms with E-state index in [-0.39, 0.29) is 11.5 Å². The largest absolute Gasteiger partial charge is 0.383 e. The van der Waals surface area contributed by atoms with Crippen molar-refractivity contribution in [2.75, 3.05) is 45.4 Å². The number of carbonyl (C=O) groups excluding carboxylic acids is 1. The highest BCUT2D eigenvalue weighted by Crippen LogP contribution is 2.26. The lowest BCUT2D eigenvalue weighted by Crippen LogP contribution is -2.31. The molecule has 1 aromatic rings. The predicted molar refractivity (Wildman–Crippen MR) is 79.1 cm³/mol. The summed E-state index contributed by atoms with van der Waals surface area (Å²) in [4.78, 5) is 24.0. The topological polar surface area (TPSA) is 81.9 Å². The smallest absolute Gasteiger partial charge is 0.270 e. The number of Topliss-reactive ketones (excluding diaryl/α,β-unsaturated/α-hetero) is 1. The van der Waals surface area contributed by atoms with E-state index in [1.165, 1.54) is 19.1 Å². The molecule has 0 aliphatic rings. The molecule has 0 aliphatic carbocycles. The van der Waals surface area contributed by atoms with E-state index in [0.717, 1.165) is 0 Å². The second-order valence-corrected chi connectivity index (χ2v) is 4.49. The summed E-state index contributed by atoms with van der Waals surface area (Å²) in [5.74, 6) is -0.214. The second kappa shape index (κ2) is 8.33. The van der Waals surface area contributed by atoms with E-state index in [2.05, 4.69) is 0 Å². The van der Waals surface area contributed by atoms with Crippen molar-refractivity contribution >= 4 is 17.2 Å². The summed E-state index contributed by atoms with van der Waals surface area (Å²) in [6, 6.07) is 4.30. The first kappa shape index (κ1) is 17.1. The van der Waals surface area contributed by atoms with Crippen LogP contribution in [0.2, 0.25) is 0 Å². The van der Waals surface area contributed by atoms with Crippen LogP contribution in [-0.2, 0) is 9.47 Å². The molecule has 7 nitrogen and oxygen atoms in total. The van der Waals surface area contributed by atoms with Gasteiger partial charge in [-0.2, -0.15) is 0 Å². The van der Waals surface area contributed by atoms with Crippen molar-refractivity contribution in [3.05, 3.63) is 33.9 Å². The van der Waals surface area contributed by atoms with Gasteiger partial charge in [-0.05, 0) is 13.0 Å². The van der Waals surface area contributed by atoms with Gasteiger partial charge in [0.1, 0.15) is 0 Å². The molecular weight excluding hydrogens is 276 g/mol. The zero-order valence-electron chi connectivity index (χ0n) is 12.5. The quantitative estimate of drug-likeness (QED) is 0.393. The number of nitrogens with zero attached hydrogens (tertiary/aromatic N) is 2. The Bertz CT molecular complexity index is 496. The van der Waals surface area contributed by atoms with E-state index in [0.29, 0.717) is 37.6 Å². The lowest BCUT2D eigenvalue weighted by Gasteiger charge is -2.26. The molecule has 0 spiro atoms. The zero-order chi connectivity index (χ0) is 15.8. The normalized spacial score (nSPS) is 10.4. The Morgan fingerprint density at radius 2 is 1.81 bits per heavy atom. The van der Waals surface area contributed by atoms with Crippen LogP contribution in [-0.4, -0.2) is 51.2 Å². The summed E-state index contributed by atoms with van der Waals surface area (Å²) in [6.45, 7) is 3.50. The Hall–Kier alpha value is -1.99. The van der Waals surface area contributed by atoms with Gasteiger partial charge in [-0.1, -0.05) is 0 Å². The van der Waals surface area contributed by atoms with Gasteiger partial charge in [-0.25, -0.2) is 0 Å². The number of hydrogen-bond donors (Lipinski definition) is 0. The van der Waals surface area contributed by atoms with Gasteiger partial charge in [0.2, 0.25) is 0 Å². The molecular formula is C14H20N2O5. The fourth-order valence-electron chi connectivity index (χ4n) is 1.95. The molecule has 0 atom stereocenters. The van der Waals surface area contributed by atoms with Crippen molar-refractivity contribution in [2.45, 2.75) is 6.92 Å². The molecule has 0 fully saturated rings. The average molecular weight is 296 g/mol. The first-order valence-electron chi connectivity index (χ1n) is 6.53. The maximum Gasteiger partial charge on any atom is 0.270 e. The predicted octanol–water partition coefficient (Wildman–Crippen LogP) is 1.90. The minimum Gasteiger partial charge on any atom is -0.383 e. The molecule has 0 N–H and O–H groups in total. The van der Waals surface area contributed by atoms with Crippen molar-refractivity contribution in [1.29, 1.82) is 0 Å². The molecule has 0 saturated heterocycles. The molecule has 1 rings (SSSR count). The van der Waals surface area contributed by atoms with Gasteiger partial charge in [-0.15, -0.1) is 0 Å². The summed E-state index contributed by atoms with van der Waals surface area (Å²) in [5, 5.41) is 10.8. The number of ether oxygens (including phenoxy) is 2. The Balaban J connectivity index is 3.15. The zero-order valence-corrected chi connectivity index (χ0v) is 12.5. The Morgan fingerprint density at radius 1 is 1.24 bits per heavy atom. The third-order valence-electron chi connectivity index (χ3n) is 3.04. The Kier molecular flexibility index (Phi) is 6.77. The Labute approximate surface area is 123 Å². The number of benzene rings is 1. The number of anilines is 1. The van der Waals surface area contributed by atoms with E-state index in [1.807, 2.05) is 4.90 Å². The lowest BCUT2D eigenvalue weighted by atomic mass is 10.1. The molecule has 0 bridgehead atoms. The molecule has 0 saturated carbocycles. The standard InChI is InChI=1S/C14H20N2O5/c1-11(17)13-10-12(16(18)19)4-5-14(13)15(6-8-20-2)7-9-21-3/h4-5,10H,6-9H2,1-3H3. The summed E-state index contributed by atoms with van der Waals surface area (Å²) in [6.07, 6.45) is 0. The molecule has 1 aromatic carbocycles. The highest BCUT2D eigenvalue weighted by Gasteiger charge is 2.18. The van der Waals surface area contributed by atoms with Gasteiger partial charge in [0, 0.05) is 50.7 Å². The van der Waals surface area contributed by atoms with E-state index in [4.69, 9.17) is 9.47 Å². The highest BCUT2D eigenvalue weighted by molar-refractivity contribution is 6.00. The van der Waals surface area contributed by atoms with Crippen LogP contribution in [0.25, 0.3) is 0 Å². The number of carbonyl (C=O) groups is 1. The highest BCUT2D eigenvalue weighted by atomic mass is 16.6. The molecule has 21 heavy (non-hydrogen) atoms. The summed E-state index contributed by atoms with van der Waals surface area (Å²) in [7, 11) is 3.19. The lowest BCUT2D eigenvalue weighted by molar-refractivity contribution is -0.384. The molecule has 0 amide bonds.